The highest BCUT2D eigenvalue weighted by Crippen LogP contribution is 2.16. The summed E-state index contributed by atoms with van der Waals surface area (Å²) in [5.41, 5.74) is 0.424. The molecule has 0 spiro atoms. The molecule has 1 rings (SSSR count). The molecule has 0 aliphatic rings. The standard InChI is InChI=1S/C11H10O4/c1-15-9-5-4-8(3-2-6-12)10(7-9)11(13)14/h4-5,7,12H,6H2,1H3,(H,13,14). The molecule has 4 heteroatoms. The van der Waals surface area contributed by atoms with Gasteiger partial charge in [-0.05, 0) is 18.2 Å². The van der Waals surface area contributed by atoms with Crippen molar-refractivity contribution in [3.63, 3.8) is 0 Å². The number of aliphatic hydroxyl groups is 1. The molecule has 0 saturated heterocycles. The summed E-state index contributed by atoms with van der Waals surface area (Å²) in [6.07, 6.45) is 0. The van der Waals surface area contributed by atoms with Crippen LogP contribution in [0, 0.1) is 11.8 Å². The molecular formula is C11H10O4. The first kappa shape index (κ1) is 11.1. The molecule has 2 N–H and O–H groups in total. The summed E-state index contributed by atoms with van der Waals surface area (Å²) in [5.74, 6) is 4.35. The summed E-state index contributed by atoms with van der Waals surface area (Å²) in [6.45, 7) is -0.301. The van der Waals surface area contributed by atoms with Gasteiger partial charge in [0.25, 0.3) is 0 Å². The van der Waals surface area contributed by atoms with Crippen LogP contribution >= 0.6 is 0 Å². The molecule has 0 fully saturated rings. The summed E-state index contributed by atoms with van der Waals surface area (Å²) in [6, 6.07) is 4.56. The van der Waals surface area contributed by atoms with Crippen molar-refractivity contribution in [2.24, 2.45) is 0 Å². The number of ether oxygens (including phenoxy) is 1. The van der Waals surface area contributed by atoms with Crippen molar-refractivity contribution in [3.05, 3.63) is 29.3 Å². The van der Waals surface area contributed by atoms with E-state index in [4.69, 9.17) is 14.9 Å². The number of hydrogen-bond donors (Lipinski definition) is 2. The molecular weight excluding hydrogens is 196 g/mol. The zero-order valence-corrected chi connectivity index (χ0v) is 8.15. The topological polar surface area (TPSA) is 66.8 Å². The molecule has 0 heterocycles. The fourth-order valence-electron chi connectivity index (χ4n) is 1.07. The Balaban J connectivity index is 3.21. The number of carbonyl (C=O) groups is 1. The second kappa shape index (κ2) is 5.03. The Morgan fingerprint density at radius 2 is 2.27 bits per heavy atom. The summed E-state index contributed by atoms with van der Waals surface area (Å²) in [5, 5.41) is 17.4. The largest absolute Gasteiger partial charge is 0.497 e. The first-order valence-corrected chi connectivity index (χ1v) is 4.20. The number of methoxy groups -OCH3 is 1. The average Bonchev–Trinajstić information content (AvgIpc) is 2.26. The molecule has 0 aliphatic heterocycles. The van der Waals surface area contributed by atoms with Crippen LogP contribution in [0.1, 0.15) is 15.9 Å². The third-order valence-electron chi connectivity index (χ3n) is 1.76. The Morgan fingerprint density at radius 1 is 1.53 bits per heavy atom. The Labute approximate surface area is 87.1 Å². The van der Waals surface area contributed by atoms with Crippen LogP contribution in [0.25, 0.3) is 0 Å². The van der Waals surface area contributed by atoms with Crippen molar-refractivity contribution in [2.45, 2.75) is 0 Å². The van der Waals surface area contributed by atoms with Crippen LogP contribution in [0.2, 0.25) is 0 Å². The Bertz CT molecular complexity index is 426. The molecule has 0 bridgehead atoms. The van der Waals surface area contributed by atoms with Gasteiger partial charge in [0.05, 0.1) is 12.7 Å². The van der Waals surface area contributed by atoms with Gasteiger partial charge in [-0.1, -0.05) is 11.8 Å². The number of aromatic carboxylic acids is 1. The molecule has 0 radical (unpaired) electrons. The molecule has 0 aliphatic carbocycles. The van der Waals surface area contributed by atoms with Crippen LogP contribution in [-0.2, 0) is 0 Å². The van der Waals surface area contributed by atoms with Crippen molar-refractivity contribution in [1.29, 1.82) is 0 Å². The highest BCUT2D eigenvalue weighted by atomic mass is 16.5. The fraction of sp³-hybridized carbons (Fsp3) is 0.182. The van der Waals surface area contributed by atoms with Crippen LogP contribution in [0.3, 0.4) is 0 Å². The maximum Gasteiger partial charge on any atom is 0.337 e. The van der Waals surface area contributed by atoms with Gasteiger partial charge in [0.1, 0.15) is 12.4 Å². The molecule has 1 aromatic carbocycles. The zero-order valence-electron chi connectivity index (χ0n) is 8.15. The number of aliphatic hydroxyl groups excluding tert-OH is 1. The SMILES string of the molecule is COc1ccc(C#CCO)c(C(=O)O)c1. The van der Waals surface area contributed by atoms with E-state index in [2.05, 4.69) is 11.8 Å². The third-order valence-corrected chi connectivity index (χ3v) is 1.76. The highest BCUT2D eigenvalue weighted by Gasteiger charge is 2.09. The van der Waals surface area contributed by atoms with Gasteiger partial charge in [-0.2, -0.15) is 0 Å². The smallest absolute Gasteiger partial charge is 0.337 e. The molecule has 4 nitrogen and oxygen atoms in total. The molecule has 0 unspecified atom stereocenters. The van der Waals surface area contributed by atoms with Crippen LogP contribution in [0.15, 0.2) is 18.2 Å². The normalized spacial score (nSPS) is 8.93. The lowest BCUT2D eigenvalue weighted by molar-refractivity contribution is 0.0696. The van der Waals surface area contributed by atoms with Crippen LogP contribution in [0.5, 0.6) is 5.75 Å². The van der Waals surface area contributed by atoms with E-state index in [0.29, 0.717) is 11.3 Å². The van der Waals surface area contributed by atoms with Crippen LogP contribution in [0.4, 0.5) is 0 Å². The molecule has 78 valence electrons. The maximum atomic E-state index is 10.9. The average molecular weight is 206 g/mol. The van der Waals surface area contributed by atoms with Gasteiger partial charge in [0, 0.05) is 5.56 Å². The molecule has 0 aromatic heterocycles. The maximum absolute atomic E-state index is 10.9. The number of hydrogen-bond acceptors (Lipinski definition) is 3. The van der Waals surface area contributed by atoms with E-state index in [1.807, 2.05) is 0 Å². The van der Waals surface area contributed by atoms with Gasteiger partial charge in [-0.3, -0.25) is 0 Å². The Kier molecular flexibility index (Phi) is 3.72. The molecule has 0 saturated carbocycles. The first-order valence-electron chi connectivity index (χ1n) is 4.20. The van der Waals surface area contributed by atoms with Gasteiger partial charge in [-0.15, -0.1) is 0 Å². The van der Waals surface area contributed by atoms with Crippen LogP contribution in [-0.4, -0.2) is 29.9 Å². The van der Waals surface area contributed by atoms with Crippen molar-refractivity contribution in [2.75, 3.05) is 13.7 Å². The summed E-state index contributed by atoms with van der Waals surface area (Å²) in [7, 11) is 1.46. The molecule has 1 aromatic rings. The molecule has 15 heavy (non-hydrogen) atoms. The Hall–Kier alpha value is -1.99. The first-order chi connectivity index (χ1) is 7.19. The number of carboxylic acids is 1. The summed E-state index contributed by atoms with van der Waals surface area (Å²) in [4.78, 5) is 10.9. The van der Waals surface area contributed by atoms with Gasteiger partial charge < -0.3 is 14.9 Å². The van der Waals surface area contributed by atoms with Crippen molar-refractivity contribution in [1.82, 2.24) is 0 Å². The number of benzene rings is 1. The predicted molar refractivity (Wildman–Crippen MR) is 53.9 cm³/mol. The van der Waals surface area contributed by atoms with Crippen LogP contribution < -0.4 is 4.74 Å². The number of rotatable bonds is 2. The van der Waals surface area contributed by atoms with E-state index in [0.717, 1.165) is 0 Å². The van der Waals surface area contributed by atoms with Crippen molar-refractivity contribution < 1.29 is 19.7 Å². The van der Waals surface area contributed by atoms with E-state index in [-0.39, 0.29) is 12.2 Å². The second-order valence-corrected chi connectivity index (χ2v) is 2.68. The quantitative estimate of drug-likeness (QED) is 0.700. The lowest BCUT2D eigenvalue weighted by Crippen LogP contribution is -2.00. The lowest BCUT2D eigenvalue weighted by Gasteiger charge is -2.03. The molecule has 0 atom stereocenters. The third kappa shape index (κ3) is 2.73. The van der Waals surface area contributed by atoms with E-state index in [1.165, 1.54) is 13.2 Å². The minimum absolute atomic E-state index is 0.0651. The van der Waals surface area contributed by atoms with Gasteiger partial charge in [0.2, 0.25) is 0 Å². The van der Waals surface area contributed by atoms with Crippen molar-refractivity contribution in [3.8, 4) is 17.6 Å². The minimum Gasteiger partial charge on any atom is -0.497 e. The van der Waals surface area contributed by atoms with E-state index < -0.39 is 5.97 Å². The molecule has 0 amide bonds. The van der Waals surface area contributed by atoms with E-state index in [1.54, 1.807) is 12.1 Å². The second-order valence-electron chi connectivity index (χ2n) is 2.68. The zero-order chi connectivity index (χ0) is 11.3. The van der Waals surface area contributed by atoms with E-state index in [9.17, 15) is 4.79 Å². The van der Waals surface area contributed by atoms with Gasteiger partial charge >= 0.3 is 5.97 Å². The minimum atomic E-state index is -1.07. The highest BCUT2D eigenvalue weighted by molar-refractivity contribution is 5.91. The number of carboxylic acid groups (broad SMARTS) is 1. The van der Waals surface area contributed by atoms with Gasteiger partial charge in [-0.25, -0.2) is 4.79 Å². The summed E-state index contributed by atoms with van der Waals surface area (Å²) < 4.78 is 4.90. The van der Waals surface area contributed by atoms with E-state index >= 15 is 0 Å². The predicted octanol–water partition coefficient (Wildman–Crippen LogP) is 0.737. The summed E-state index contributed by atoms with van der Waals surface area (Å²) >= 11 is 0. The van der Waals surface area contributed by atoms with Crippen molar-refractivity contribution >= 4 is 5.97 Å². The fourth-order valence-corrected chi connectivity index (χ4v) is 1.07. The monoisotopic (exact) mass is 206 g/mol. The van der Waals surface area contributed by atoms with Gasteiger partial charge in [0.15, 0.2) is 0 Å². The lowest BCUT2D eigenvalue weighted by atomic mass is 10.1. The Morgan fingerprint density at radius 3 is 2.80 bits per heavy atom.